The number of piperazine rings is 1. The summed E-state index contributed by atoms with van der Waals surface area (Å²) in [6.45, 7) is 3.64. The van der Waals surface area contributed by atoms with Gasteiger partial charge in [0.15, 0.2) is 0 Å². The van der Waals surface area contributed by atoms with Crippen molar-refractivity contribution in [2.75, 3.05) is 32.8 Å². The molecule has 206 valence electrons. The number of amides is 2. The van der Waals surface area contributed by atoms with Crippen molar-refractivity contribution in [3.63, 3.8) is 0 Å². The maximum absolute atomic E-state index is 13.1. The van der Waals surface area contributed by atoms with Gasteiger partial charge < -0.3 is 29.7 Å². The van der Waals surface area contributed by atoms with E-state index in [1.165, 1.54) is 28.4 Å². The van der Waals surface area contributed by atoms with E-state index in [-0.39, 0.29) is 24.0 Å². The van der Waals surface area contributed by atoms with Crippen molar-refractivity contribution in [1.82, 2.24) is 20.5 Å². The topological polar surface area (TPSA) is 147 Å². The Morgan fingerprint density at radius 3 is 2.49 bits per heavy atom. The number of nitrogens with zero attached hydrogens (tertiary/aromatic N) is 2. The van der Waals surface area contributed by atoms with E-state index < -0.39 is 31.6 Å². The molecule has 3 aromatic rings. The van der Waals surface area contributed by atoms with E-state index in [2.05, 4.69) is 15.6 Å². The zero-order chi connectivity index (χ0) is 27.8. The highest BCUT2D eigenvalue weighted by Crippen LogP contribution is 2.40. The monoisotopic (exact) mass is 572 g/mol. The minimum absolute atomic E-state index is 0.0280. The third-order valence-corrected chi connectivity index (χ3v) is 8.37. The third-order valence-electron chi connectivity index (χ3n) is 5.92. The molecule has 4 rings (SSSR count). The van der Waals surface area contributed by atoms with Gasteiger partial charge in [-0.15, -0.1) is 11.3 Å². The molecule has 2 unspecified atom stereocenters. The maximum atomic E-state index is 13.1. The van der Waals surface area contributed by atoms with Crippen LogP contribution in [-0.4, -0.2) is 71.6 Å². The number of esters is 1. The SMILES string of the molecule is CCOP(=O)(O)c1ccc(CC(NC(=O)c2csc(-c3ccccc3)n2)C(=O)OC(=O)N2CCNCC2)cc1. The number of hydrogen-bond acceptors (Lipinski definition) is 9. The maximum Gasteiger partial charge on any atom is 0.417 e. The summed E-state index contributed by atoms with van der Waals surface area (Å²) in [6, 6.07) is 14.1. The van der Waals surface area contributed by atoms with Crippen LogP contribution in [0.25, 0.3) is 10.6 Å². The second kappa shape index (κ2) is 13.1. The molecular formula is C26H29N4O7PS. The summed E-state index contributed by atoms with van der Waals surface area (Å²) in [5, 5.41) is 8.09. The van der Waals surface area contributed by atoms with Crippen molar-refractivity contribution in [1.29, 1.82) is 0 Å². The third kappa shape index (κ3) is 7.59. The van der Waals surface area contributed by atoms with Gasteiger partial charge in [-0.05, 0) is 24.6 Å². The van der Waals surface area contributed by atoms with Crippen molar-refractivity contribution >= 4 is 42.2 Å². The van der Waals surface area contributed by atoms with Crippen molar-refractivity contribution in [2.45, 2.75) is 19.4 Å². The van der Waals surface area contributed by atoms with E-state index >= 15 is 0 Å². The Balaban J connectivity index is 1.51. The average molecular weight is 573 g/mol. The van der Waals surface area contributed by atoms with Crippen molar-refractivity contribution in [3.05, 3.63) is 71.2 Å². The summed E-state index contributed by atoms with van der Waals surface area (Å²) >= 11 is 1.29. The molecule has 2 amide bonds. The first-order chi connectivity index (χ1) is 18.8. The highest BCUT2D eigenvalue weighted by atomic mass is 32.1. The normalized spacial score (nSPS) is 15.7. The lowest BCUT2D eigenvalue weighted by atomic mass is 10.1. The van der Waals surface area contributed by atoms with Gasteiger partial charge >= 0.3 is 19.7 Å². The lowest BCUT2D eigenvalue weighted by Crippen LogP contribution is -2.49. The first-order valence-electron chi connectivity index (χ1n) is 12.4. The van der Waals surface area contributed by atoms with Crippen LogP contribution in [0.1, 0.15) is 23.0 Å². The van der Waals surface area contributed by atoms with Crippen molar-refractivity contribution in [3.8, 4) is 10.6 Å². The molecule has 0 aliphatic carbocycles. The Morgan fingerprint density at radius 1 is 1.13 bits per heavy atom. The molecule has 0 bridgehead atoms. The fourth-order valence-corrected chi connectivity index (χ4v) is 5.72. The summed E-state index contributed by atoms with van der Waals surface area (Å²) in [6.07, 6.45) is -0.811. The number of nitrogens with one attached hydrogen (secondary N) is 2. The molecule has 0 radical (unpaired) electrons. The molecule has 2 heterocycles. The highest BCUT2D eigenvalue weighted by molar-refractivity contribution is 7.61. The highest BCUT2D eigenvalue weighted by Gasteiger charge is 2.29. The summed E-state index contributed by atoms with van der Waals surface area (Å²) < 4.78 is 22.4. The molecule has 1 aliphatic rings. The molecule has 1 aromatic heterocycles. The zero-order valence-electron chi connectivity index (χ0n) is 21.2. The second-order valence-electron chi connectivity index (χ2n) is 8.66. The van der Waals surface area contributed by atoms with Crippen LogP contribution in [0.2, 0.25) is 0 Å². The molecule has 0 spiro atoms. The quantitative estimate of drug-likeness (QED) is 0.200. The Hall–Kier alpha value is -3.41. The van der Waals surface area contributed by atoms with E-state index in [0.717, 1.165) is 5.56 Å². The fraction of sp³-hybridized carbons (Fsp3) is 0.308. The van der Waals surface area contributed by atoms with Gasteiger partial charge in [0.2, 0.25) is 0 Å². The van der Waals surface area contributed by atoms with Gasteiger partial charge in [-0.2, -0.15) is 0 Å². The minimum Gasteiger partial charge on any atom is -0.375 e. The molecule has 1 saturated heterocycles. The number of thiazole rings is 1. The zero-order valence-corrected chi connectivity index (χ0v) is 23.0. The molecule has 11 nitrogen and oxygen atoms in total. The van der Waals surface area contributed by atoms with Gasteiger partial charge in [0.05, 0.1) is 11.9 Å². The lowest BCUT2D eigenvalue weighted by Gasteiger charge is -2.27. The average Bonchev–Trinajstić information content (AvgIpc) is 3.45. The van der Waals surface area contributed by atoms with Crippen LogP contribution >= 0.6 is 18.9 Å². The number of rotatable bonds is 9. The first-order valence-corrected chi connectivity index (χ1v) is 14.8. The van der Waals surface area contributed by atoms with E-state index in [0.29, 0.717) is 36.8 Å². The van der Waals surface area contributed by atoms with Gasteiger partial charge in [0.1, 0.15) is 16.7 Å². The largest absolute Gasteiger partial charge is 0.417 e. The summed E-state index contributed by atoms with van der Waals surface area (Å²) in [5.74, 6) is -1.52. The standard InChI is InChI=1S/C26H29N4O7PS/c1-2-36-38(34,35)20-10-8-18(9-11-20)16-21(25(32)37-26(33)30-14-12-27-13-15-30)28-23(31)22-17-39-24(29-22)19-6-4-3-5-7-19/h3-11,17,21,27H,2,12-16H2,1H3,(H,28,31)(H,34,35). The van der Waals surface area contributed by atoms with Crippen LogP contribution in [0.3, 0.4) is 0 Å². The van der Waals surface area contributed by atoms with Crippen LogP contribution in [-0.2, 0) is 25.0 Å². The number of carbonyl (C=O) groups is 3. The van der Waals surface area contributed by atoms with Crippen LogP contribution in [0.15, 0.2) is 60.0 Å². The molecule has 1 fully saturated rings. The number of aromatic nitrogens is 1. The smallest absolute Gasteiger partial charge is 0.375 e. The predicted octanol–water partition coefficient (Wildman–Crippen LogP) is 2.57. The molecule has 39 heavy (non-hydrogen) atoms. The molecule has 1 aliphatic heterocycles. The summed E-state index contributed by atoms with van der Waals surface area (Å²) in [7, 11) is -3.96. The van der Waals surface area contributed by atoms with E-state index in [1.54, 1.807) is 24.4 Å². The predicted molar refractivity (Wildman–Crippen MR) is 146 cm³/mol. The van der Waals surface area contributed by atoms with Crippen LogP contribution in [0, 0.1) is 0 Å². The fourth-order valence-electron chi connectivity index (χ4n) is 3.89. The number of benzene rings is 2. The molecular weight excluding hydrogens is 543 g/mol. The Kier molecular flexibility index (Phi) is 9.60. The number of hydrogen-bond donors (Lipinski definition) is 3. The van der Waals surface area contributed by atoms with Crippen LogP contribution < -0.4 is 15.9 Å². The van der Waals surface area contributed by atoms with E-state index in [9.17, 15) is 23.8 Å². The van der Waals surface area contributed by atoms with Crippen LogP contribution in [0.5, 0.6) is 0 Å². The molecule has 2 atom stereocenters. The Labute approximate surface area is 229 Å². The van der Waals surface area contributed by atoms with Gasteiger partial charge in [-0.25, -0.2) is 14.6 Å². The van der Waals surface area contributed by atoms with Crippen molar-refractivity contribution in [2.24, 2.45) is 0 Å². The van der Waals surface area contributed by atoms with Crippen LogP contribution in [0.4, 0.5) is 4.79 Å². The molecule has 3 N–H and O–H groups in total. The van der Waals surface area contributed by atoms with Gasteiger partial charge in [0.25, 0.3) is 5.91 Å². The number of ether oxygens (including phenoxy) is 1. The van der Waals surface area contributed by atoms with Crippen molar-refractivity contribution < 1.29 is 33.1 Å². The Bertz CT molecular complexity index is 1340. The van der Waals surface area contributed by atoms with E-state index in [4.69, 9.17) is 9.26 Å². The minimum atomic E-state index is -3.96. The Morgan fingerprint density at radius 2 is 1.82 bits per heavy atom. The van der Waals surface area contributed by atoms with Gasteiger partial charge in [0, 0.05) is 43.5 Å². The van der Waals surface area contributed by atoms with E-state index in [1.807, 2.05) is 30.3 Å². The molecule has 2 aromatic carbocycles. The summed E-state index contributed by atoms with van der Waals surface area (Å²) in [5.41, 5.74) is 1.54. The van der Waals surface area contributed by atoms with Gasteiger partial charge in [-0.3, -0.25) is 9.36 Å². The number of carbonyl (C=O) groups excluding carboxylic acids is 3. The second-order valence-corrected chi connectivity index (χ2v) is 11.3. The molecule has 0 saturated carbocycles. The molecule has 13 heteroatoms. The lowest BCUT2D eigenvalue weighted by molar-refractivity contribution is -0.140. The van der Waals surface area contributed by atoms with Gasteiger partial charge in [-0.1, -0.05) is 42.5 Å². The first kappa shape index (κ1) is 28.6. The summed E-state index contributed by atoms with van der Waals surface area (Å²) in [4.78, 5) is 54.6.